The van der Waals surface area contributed by atoms with Gasteiger partial charge in [0, 0.05) is 10.2 Å². The zero-order chi connectivity index (χ0) is 9.14. The molecule has 0 saturated heterocycles. The minimum atomic E-state index is -0.611. The van der Waals surface area contributed by atoms with E-state index in [1.165, 1.54) is 11.5 Å². The second-order valence-electron chi connectivity index (χ2n) is 2.17. The van der Waals surface area contributed by atoms with E-state index in [1.807, 2.05) is 0 Å². The van der Waals surface area contributed by atoms with E-state index in [0.29, 0.717) is 5.69 Å². The van der Waals surface area contributed by atoms with Gasteiger partial charge in [0.15, 0.2) is 0 Å². The Labute approximate surface area is 77.5 Å². The standard InChI is InChI=1S/C7H7BrN2O2/c8-4-1-2-5(6(9)3-4)7(11)10-12/h1-3,12H,9H2,(H,10,11). The lowest BCUT2D eigenvalue weighted by atomic mass is 10.2. The maximum Gasteiger partial charge on any atom is 0.276 e. The third-order valence-electron chi connectivity index (χ3n) is 1.36. The average Bonchev–Trinajstić information content (AvgIpc) is 2.03. The van der Waals surface area contributed by atoms with Crippen LogP contribution in [0.3, 0.4) is 0 Å². The summed E-state index contributed by atoms with van der Waals surface area (Å²) in [6.45, 7) is 0. The molecule has 0 fully saturated rings. The Balaban J connectivity index is 3.09. The first-order valence-electron chi connectivity index (χ1n) is 3.14. The number of halogens is 1. The van der Waals surface area contributed by atoms with Crippen molar-refractivity contribution in [2.75, 3.05) is 5.73 Å². The Morgan fingerprint density at radius 3 is 2.75 bits per heavy atom. The van der Waals surface area contributed by atoms with E-state index in [1.54, 1.807) is 12.1 Å². The number of hydrogen-bond acceptors (Lipinski definition) is 3. The molecule has 0 saturated carbocycles. The van der Waals surface area contributed by atoms with Gasteiger partial charge >= 0.3 is 0 Å². The summed E-state index contributed by atoms with van der Waals surface area (Å²) in [7, 11) is 0. The summed E-state index contributed by atoms with van der Waals surface area (Å²) in [5, 5.41) is 8.32. The highest BCUT2D eigenvalue weighted by Crippen LogP contribution is 2.17. The molecule has 0 aliphatic carbocycles. The van der Waals surface area contributed by atoms with Crippen molar-refractivity contribution in [3.05, 3.63) is 28.2 Å². The molecule has 1 amide bonds. The molecule has 0 aliphatic rings. The van der Waals surface area contributed by atoms with Crippen LogP contribution in [0, 0.1) is 0 Å². The number of hydrogen-bond donors (Lipinski definition) is 3. The number of hydroxylamine groups is 1. The Bertz CT molecular complexity index is 314. The number of nitrogen functional groups attached to an aromatic ring is 1. The highest BCUT2D eigenvalue weighted by molar-refractivity contribution is 9.10. The molecule has 0 unspecified atom stereocenters. The monoisotopic (exact) mass is 230 g/mol. The molecular weight excluding hydrogens is 224 g/mol. The molecule has 4 nitrogen and oxygen atoms in total. The van der Waals surface area contributed by atoms with Crippen molar-refractivity contribution in [2.24, 2.45) is 0 Å². The second-order valence-corrected chi connectivity index (χ2v) is 3.09. The molecular formula is C7H7BrN2O2. The number of nitrogens with one attached hydrogen (secondary N) is 1. The number of nitrogens with two attached hydrogens (primary N) is 1. The molecule has 0 atom stereocenters. The Hall–Kier alpha value is -1.07. The first-order valence-corrected chi connectivity index (χ1v) is 3.94. The van der Waals surface area contributed by atoms with Crippen LogP contribution in [0.2, 0.25) is 0 Å². The number of carbonyl (C=O) groups excluding carboxylic acids is 1. The molecule has 1 aromatic rings. The maximum absolute atomic E-state index is 10.9. The number of benzene rings is 1. The minimum Gasteiger partial charge on any atom is -0.398 e. The number of anilines is 1. The normalized spacial score (nSPS) is 9.50. The summed E-state index contributed by atoms with van der Waals surface area (Å²) in [5.74, 6) is -0.611. The van der Waals surface area contributed by atoms with Crippen LogP contribution in [0.15, 0.2) is 22.7 Å². The van der Waals surface area contributed by atoms with E-state index < -0.39 is 5.91 Å². The number of rotatable bonds is 1. The third kappa shape index (κ3) is 1.75. The zero-order valence-electron chi connectivity index (χ0n) is 6.04. The second kappa shape index (κ2) is 3.55. The van der Waals surface area contributed by atoms with Crippen LogP contribution in [0.4, 0.5) is 5.69 Å². The van der Waals surface area contributed by atoms with Gasteiger partial charge in [-0.1, -0.05) is 15.9 Å². The minimum absolute atomic E-state index is 0.251. The highest BCUT2D eigenvalue weighted by atomic mass is 79.9. The molecule has 0 spiro atoms. The van der Waals surface area contributed by atoms with Crippen molar-refractivity contribution in [3.8, 4) is 0 Å². The van der Waals surface area contributed by atoms with E-state index >= 15 is 0 Å². The summed E-state index contributed by atoms with van der Waals surface area (Å²) in [6.07, 6.45) is 0. The van der Waals surface area contributed by atoms with E-state index in [9.17, 15) is 4.79 Å². The molecule has 12 heavy (non-hydrogen) atoms. The lowest BCUT2D eigenvalue weighted by molar-refractivity contribution is 0.0707. The van der Waals surface area contributed by atoms with Gasteiger partial charge in [0.05, 0.1) is 5.56 Å². The predicted octanol–water partition coefficient (Wildman–Crippen LogP) is 1.15. The molecule has 5 heteroatoms. The summed E-state index contributed by atoms with van der Waals surface area (Å²) in [4.78, 5) is 10.9. The fraction of sp³-hybridized carbons (Fsp3) is 0. The smallest absolute Gasteiger partial charge is 0.276 e. The van der Waals surface area contributed by atoms with Crippen LogP contribution >= 0.6 is 15.9 Å². The summed E-state index contributed by atoms with van der Waals surface area (Å²) in [6, 6.07) is 4.77. The van der Waals surface area contributed by atoms with Crippen LogP contribution < -0.4 is 11.2 Å². The molecule has 4 N–H and O–H groups in total. The van der Waals surface area contributed by atoms with Crippen LogP contribution in [-0.4, -0.2) is 11.1 Å². The van der Waals surface area contributed by atoms with Crippen LogP contribution in [0.5, 0.6) is 0 Å². The molecule has 0 aromatic heterocycles. The Kier molecular flexibility index (Phi) is 2.67. The van der Waals surface area contributed by atoms with Crippen molar-refractivity contribution in [1.82, 2.24) is 5.48 Å². The maximum atomic E-state index is 10.9. The SMILES string of the molecule is Nc1cc(Br)ccc1C(=O)NO. The van der Waals surface area contributed by atoms with Gasteiger partial charge in [-0.05, 0) is 18.2 Å². The van der Waals surface area contributed by atoms with E-state index in [2.05, 4.69) is 15.9 Å². The van der Waals surface area contributed by atoms with Gasteiger partial charge in [0.1, 0.15) is 0 Å². The van der Waals surface area contributed by atoms with Gasteiger partial charge in [-0.2, -0.15) is 0 Å². The first-order chi connectivity index (χ1) is 5.65. The van der Waals surface area contributed by atoms with Gasteiger partial charge in [0.25, 0.3) is 5.91 Å². The summed E-state index contributed by atoms with van der Waals surface area (Å²) >= 11 is 3.19. The lowest BCUT2D eigenvalue weighted by Crippen LogP contribution is -2.19. The van der Waals surface area contributed by atoms with E-state index in [-0.39, 0.29) is 5.56 Å². The van der Waals surface area contributed by atoms with Gasteiger partial charge in [-0.25, -0.2) is 5.48 Å². The predicted molar refractivity (Wildman–Crippen MR) is 47.8 cm³/mol. The molecule has 0 heterocycles. The van der Waals surface area contributed by atoms with Crippen LogP contribution in [0.25, 0.3) is 0 Å². The van der Waals surface area contributed by atoms with Gasteiger partial charge in [0.2, 0.25) is 0 Å². The molecule has 0 bridgehead atoms. The summed E-state index contributed by atoms with van der Waals surface area (Å²) in [5.41, 5.74) is 7.57. The Morgan fingerprint density at radius 1 is 1.58 bits per heavy atom. The third-order valence-corrected chi connectivity index (χ3v) is 1.85. The molecule has 0 radical (unpaired) electrons. The van der Waals surface area contributed by atoms with Crippen molar-refractivity contribution in [2.45, 2.75) is 0 Å². The van der Waals surface area contributed by atoms with Crippen molar-refractivity contribution < 1.29 is 10.0 Å². The molecule has 1 aromatic carbocycles. The molecule has 1 rings (SSSR count). The Morgan fingerprint density at radius 2 is 2.25 bits per heavy atom. The number of carbonyl (C=O) groups is 1. The quantitative estimate of drug-likeness (QED) is 0.385. The lowest BCUT2D eigenvalue weighted by Gasteiger charge is -2.02. The summed E-state index contributed by atoms with van der Waals surface area (Å²) < 4.78 is 0.787. The largest absolute Gasteiger partial charge is 0.398 e. The molecule has 64 valence electrons. The average molecular weight is 231 g/mol. The highest BCUT2D eigenvalue weighted by Gasteiger charge is 2.07. The van der Waals surface area contributed by atoms with E-state index in [0.717, 1.165) is 4.47 Å². The van der Waals surface area contributed by atoms with Gasteiger partial charge < -0.3 is 5.73 Å². The van der Waals surface area contributed by atoms with Crippen molar-refractivity contribution in [3.63, 3.8) is 0 Å². The van der Waals surface area contributed by atoms with Crippen LogP contribution in [0.1, 0.15) is 10.4 Å². The van der Waals surface area contributed by atoms with Gasteiger partial charge in [-0.3, -0.25) is 10.0 Å². The van der Waals surface area contributed by atoms with Crippen molar-refractivity contribution in [1.29, 1.82) is 0 Å². The first kappa shape index (κ1) is 9.02. The van der Waals surface area contributed by atoms with Gasteiger partial charge in [-0.15, -0.1) is 0 Å². The topological polar surface area (TPSA) is 75.4 Å². The number of amides is 1. The van der Waals surface area contributed by atoms with Crippen molar-refractivity contribution >= 4 is 27.5 Å². The zero-order valence-corrected chi connectivity index (χ0v) is 7.63. The fourth-order valence-corrected chi connectivity index (χ4v) is 1.18. The van der Waals surface area contributed by atoms with Crippen LogP contribution in [-0.2, 0) is 0 Å². The fourth-order valence-electron chi connectivity index (χ4n) is 0.801. The molecule has 0 aliphatic heterocycles. The van der Waals surface area contributed by atoms with E-state index in [4.69, 9.17) is 10.9 Å².